The van der Waals surface area contributed by atoms with Gasteiger partial charge in [-0.2, -0.15) is 13.2 Å². The lowest BCUT2D eigenvalue weighted by atomic mass is 9.86. The molecule has 1 aliphatic rings. The van der Waals surface area contributed by atoms with Gasteiger partial charge >= 0.3 is 6.18 Å². The van der Waals surface area contributed by atoms with E-state index in [2.05, 4.69) is 15.6 Å². The summed E-state index contributed by atoms with van der Waals surface area (Å²) in [4.78, 5) is 16.7. The molecule has 0 aliphatic heterocycles. The lowest BCUT2D eigenvalue weighted by molar-refractivity contribution is -0.137. The maximum atomic E-state index is 12.9. The van der Waals surface area contributed by atoms with Crippen molar-refractivity contribution in [2.75, 3.05) is 11.9 Å². The molecule has 0 unspecified atom stereocenters. The van der Waals surface area contributed by atoms with Gasteiger partial charge in [-0.15, -0.1) is 0 Å². The van der Waals surface area contributed by atoms with Crippen molar-refractivity contribution in [1.29, 1.82) is 0 Å². The minimum atomic E-state index is -4.52. The fourth-order valence-corrected chi connectivity index (χ4v) is 3.73. The second-order valence-electron chi connectivity index (χ2n) is 7.48. The van der Waals surface area contributed by atoms with E-state index in [0.29, 0.717) is 5.92 Å². The Morgan fingerprint density at radius 3 is 2.55 bits per heavy atom. The number of hydrogen-bond donors (Lipinski definition) is 2. The first-order valence-electron chi connectivity index (χ1n) is 9.56. The Labute approximate surface area is 172 Å². The highest BCUT2D eigenvalue weighted by molar-refractivity contribution is 6.33. The SMILES string of the molecule is Cc1ccnc(NC[C@H]2CC[C@H](NC(=O)c3cc(C(F)(F)F)ccc3Cl)CC2)c1. The van der Waals surface area contributed by atoms with Crippen LogP contribution in [0.3, 0.4) is 0 Å². The highest BCUT2D eigenvalue weighted by Crippen LogP contribution is 2.32. The van der Waals surface area contributed by atoms with Crippen molar-refractivity contribution in [3.8, 4) is 0 Å². The van der Waals surface area contributed by atoms with E-state index in [1.54, 1.807) is 6.20 Å². The molecule has 0 bridgehead atoms. The maximum absolute atomic E-state index is 12.9. The van der Waals surface area contributed by atoms with Crippen LogP contribution in [0.2, 0.25) is 5.02 Å². The predicted molar refractivity (Wildman–Crippen MR) is 107 cm³/mol. The van der Waals surface area contributed by atoms with Crippen LogP contribution in [-0.4, -0.2) is 23.5 Å². The summed E-state index contributed by atoms with van der Waals surface area (Å²) in [6.07, 6.45) is 0.631. The fraction of sp³-hybridized carbons (Fsp3) is 0.429. The fourth-order valence-electron chi connectivity index (χ4n) is 3.53. The standard InChI is InChI=1S/C21H23ClF3N3O/c1-13-8-9-26-19(10-13)27-12-14-2-5-16(6-3-14)28-20(29)17-11-15(21(23,24)25)4-7-18(17)22/h4,7-11,14,16H,2-3,5-6,12H2,1H3,(H,26,27)(H,28,29)/t14-,16-. The first-order valence-corrected chi connectivity index (χ1v) is 9.94. The quantitative estimate of drug-likeness (QED) is 0.668. The number of pyridine rings is 1. The molecule has 1 saturated carbocycles. The molecule has 1 aliphatic carbocycles. The average molecular weight is 426 g/mol. The molecular weight excluding hydrogens is 403 g/mol. The number of aryl methyl sites for hydroxylation is 1. The number of amides is 1. The van der Waals surface area contributed by atoms with E-state index in [1.165, 1.54) is 0 Å². The van der Waals surface area contributed by atoms with Crippen LogP contribution in [0, 0.1) is 12.8 Å². The lowest BCUT2D eigenvalue weighted by Gasteiger charge is -2.29. The van der Waals surface area contributed by atoms with E-state index in [-0.39, 0.29) is 16.6 Å². The van der Waals surface area contributed by atoms with Crippen molar-refractivity contribution < 1.29 is 18.0 Å². The summed E-state index contributed by atoms with van der Waals surface area (Å²) in [5.41, 5.74) is 0.115. The van der Waals surface area contributed by atoms with Crippen LogP contribution in [0.25, 0.3) is 0 Å². The molecule has 0 saturated heterocycles. The van der Waals surface area contributed by atoms with Gasteiger partial charge in [0.2, 0.25) is 0 Å². The van der Waals surface area contributed by atoms with Crippen LogP contribution in [0.4, 0.5) is 19.0 Å². The average Bonchev–Trinajstić information content (AvgIpc) is 2.67. The summed E-state index contributed by atoms with van der Waals surface area (Å²) in [6.45, 7) is 2.81. The van der Waals surface area contributed by atoms with Crippen molar-refractivity contribution in [2.45, 2.75) is 44.8 Å². The number of anilines is 1. The number of aromatic nitrogens is 1. The molecule has 1 amide bonds. The van der Waals surface area contributed by atoms with Crippen LogP contribution < -0.4 is 10.6 Å². The topological polar surface area (TPSA) is 54.0 Å². The molecule has 3 rings (SSSR count). The first kappa shape index (κ1) is 21.4. The Bertz CT molecular complexity index is 864. The second kappa shape index (κ2) is 9.03. The molecule has 0 atom stereocenters. The maximum Gasteiger partial charge on any atom is 0.416 e. The zero-order valence-electron chi connectivity index (χ0n) is 16.0. The third kappa shape index (κ3) is 5.85. The van der Waals surface area contributed by atoms with Gasteiger partial charge in [-0.3, -0.25) is 4.79 Å². The number of halogens is 4. The van der Waals surface area contributed by atoms with E-state index in [4.69, 9.17) is 11.6 Å². The van der Waals surface area contributed by atoms with E-state index in [9.17, 15) is 18.0 Å². The van der Waals surface area contributed by atoms with Gasteiger partial charge in [0.1, 0.15) is 5.82 Å². The molecule has 8 heteroatoms. The molecule has 2 aromatic rings. The molecule has 1 aromatic carbocycles. The van der Waals surface area contributed by atoms with Gasteiger partial charge in [-0.1, -0.05) is 11.6 Å². The number of carbonyl (C=O) groups excluding carboxylic acids is 1. The van der Waals surface area contributed by atoms with E-state index in [1.807, 2.05) is 19.1 Å². The third-order valence-electron chi connectivity index (χ3n) is 5.21. The van der Waals surface area contributed by atoms with Crippen molar-refractivity contribution in [3.05, 3.63) is 58.2 Å². The Balaban J connectivity index is 1.51. The molecule has 156 valence electrons. The number of nitrogens with zero attached hydrogens (tertiary/aromatic N) is 1. The van der Waals surface area contributed by atoms with Crippen LogP contribution in [0.15, 0.2) is 36.5 Å². The summed E-state index contributed by atoms with van der Waals surface area (Å²) >= 11 is 5.95. The molecule has 1 aromatic heterocycles. The number of benzene rings is 1. The highest BCUT2D eigenvalue weighted by atomic mass is 35.5. The van der Waals surface area contributed by atoms with Crippen LogP contribution >= 0.6 is 11.6 Å². The first-order chi connectivity index (χ1) is 13.7. The number of hydrogen-bond acceptors (Lipinski definition) is 3. The summed E-state index contributed by atoms with van der Waals surface area (Å²) in [7, 11) is 0. The highest BCUT2D eigenvalue weighted by Gasteiger charge is 2.32. The Kier molecular flexibility index (Phi) is 6.67. The molecule has 1 fully saturated rings. The zero-order valence-corrected chi connectivity index (χ0v) is 16.8. The Hall–Kier alpha value is -2.28. The summed E-state index contributed by atoms with van der Waals surface area (Å²) < 4.78 is 38.7. The van der Waals surface area contributed by atoms with Crippen LogP contribution in [0.5, 0.6) is 0 Å². The number of alkyl halides is 3. The van der Waals surface area contributed by atoms with Gasteiger partial charge < -0.3 is 10.6 Å². The molecule has 2 N–H and O–H groups in total. The summed E-state index contributed by atoms with van der Waals surface area (Å²) in [6, 6.07) is 6.66. The number of nitrogens with one attached hydrogen (secondary N) is 2. The van der Waals surface area contributed by atoms with Crippen molar-refractivity contribution >= 4 is 23.3 Å². The Morgan fingerprint density at radius 2 is 1.90 bits per heavy atom. The van der Waals surface area contributed by atoms with Crippen LogP contribution in [0.1, 0.15) is 47.2 Å². The molecule has 0 spiro atoms. The van der Waals surface area contributed by atoms with Gasteiger partial charge in [-0.25, -0.2) is 4.98 Å². The summed E-state index contributed by atoms with van der Waals surface area (Å²) in [5.74, 6) is 0.744. The van der Waals surface area contributed by atoms with E-state index < -0.39 is 17.6 Å². The van der Waals surface area contributed by atoms with Gasteiger partial charge in [0, 0.05) is 18.8 Å². The smallest absolute Gasteiger partial charge is 0.370 e. The lowest BCUT2D eigenvalue weighted by Crippen LogP contribution is -2.38. The number of carbonyl (C=O) groups is 1. The minimum absolute atomic E-state index is 0.0130. The molecular formula is C21H23ClF3N3O. The zero-order chi connectivity index (χ0) is 21.0. The molecule has 0 radical (unpaired) electrons. The Morgan fingerprint density at radius 1 is 1.17 bits per heavy atom. The largest absolute Gasteiger partial charge is 0.416 e. The second-order valence-corrected chi connectivity index (χ2v) is 7.89. The number of rotatable bonds is 5. The predicted octanol–water partition coefficient (Wildman–Crippen LogP) is 5.46. The van der Waals surface area contributed by atoms with Gasteiger partial charge in [-0.05, 0) is 74.4 Å². The summed E-state index contributed by atoms with van der Waals surface area (Å²) in [5, 5.41) is 6.19. The van der Waals surface area contributed by atoms with E-state index in [0.717, 1.165) is 61.8 Å². The van der Waals surface area contributed by atoms with Gasteiger partial charge in [0.05, 0.1) is 16.1 Å². The van der Waals surface area contributed by atoms with Crippen molar-refractivity contribution in [2.24, 2.45) is 5.92 Å². The molecule has 1 heterocycles. The normalized spacial score (nSPS) is 19.6. The monoisotopic (exact) mass is 425 g/mol. The van der Waals surface area contributed by atoms with Gasteiger partial charge in [0.15, 0.2) is 0 Å². The van der Waals surface area contributed by atoms with Gasteiger partial charge in [0.25, 0.3) is 5.91 Å². The third-order valence-corrected chi connectivity index (χ3v) is 5.54. The van der Waals surface area contributed by atoms with Crippen molar-refractivity contribution in [1.82, 2.24) is 10.3 Å². The molecule has 4 nitrogen and oxygen atoms in total. The van der Waals surface area contributed by atoms with E-state index >= 15 is 0 Å². The van der Waals surface area contributed by atoms with Crippen molar-refractivity contribution in [3.63, 3.8) is 0 Å². The van der Waals surface area contributed by atoms with Crippen LogP contribution in [-0.2, 0) is 6.18 Å². The molecule has 29 heavy (non-hydrogen) atoms. The minimum Gasteiger partial charge on any atom is -0.370 e.